The van der Waals surface area contributed by atoms with Gasteiger partial charge in [-0.05, 0) is 17.7 Å². The van der Waals surface area contributed by atoms with Gasteiger partial charge in [-0.3, -0.25) is 0 Å². The molecule has 98 valence electrons. The number of benzene rings is 1. The van der Waals surface area contributed by atoms with Crippen molar-refractivity contribution in [2.45, 2.75) is 0 Å². The molecule has 0 spiro atoms. The predicted molar refractivity (Wildman–Crippen MR) is 69.7 cm³/mol. The van der Waals surface area contributed by atoms with Gasteiger partial charge >= 0.3 is 5.97 Å². The molecule has 0 bridgehead atoms. The summed E-state index contributed by atoms with van der Waals surface area (Å²) in [4.78, 5) is 14.9. The van der Waals surface area contributed by atoms with Gasteiger partial charge in [0.2, 0.25) is 5.88 Å². The van der Waals surface area contributed by atoms with E-state index in [0.29, 0.717) is 11.6 Å². The van der Waals surface area contributed by atoms with E-state index in [1.807, 2.05) is 0 Å². The maximum atomic E-state index is 10.8. The minimum Gasteiger partial charge on any atom is -0.496 e. The normalized spacial score (nSPS) is 10.0. The molecule has 5 heteroatoms. The summed E-state index contributed by atoms with van der Waals surface area (Å²) in [6, 6.07) is 8.20. The second-order valence-corrected chi connectivity index (χ2v) is 3.81. The molecule has 1 aromatic carbocycles. The van der Waals surface area contributed by atoms with Gasteiger partial charge in [0.05, 0.1) is 19.8 Å². The van der Waals surface area contributed by atoms with Crippen molar-refractivity contribution in [2.75, 3.05) is 14.2 Å². The fraction of sp³-hybridized carbons (Fsp3) is 0.143. The summed E-state index contributed by atoms with van der Waals surface area (Å²) in [7, 11) is 3.09. The van der Waals surface area contributed by atoms with E-state index in [9.17, 15) is 4.79 Å². The molecule has 0 aliphatic carbocycles. The third-order valence-corrected chi connectivity index (χ3v) is 2.71. The Morgan fingerprint density at radius 2 is 1.84 bits per heavy atom. The lowest BCUT2D eigenvalue weighted by Crippen LogP contribution is -1.96. The van der Waals surface area contributed by atoms with Gasteiger partial charge in [0.1, 0.15) is 5.75 Å². The second kappa shape index (κ2) is 5.39. The van der Waals surface area contributed by atoms with Crippen LogP contribution < -0.4 is 9.47 Å². The van der Waals surface area contributed by atoms with Crippen LogP contribution in [-0.2, 0) is 0 Å². The Hall–Kier alpha value is -2.56. The third kappa shape index (κ3) is 2.65. The molecule has 2 aromatic rings. The Kier molecular flexibility index (Phi) is 3.66. The van der Waals surface area contributed by atoms with Crippen molar-refractivity contribution >= 4 is 5.97 Å². The first-order chi connectivity index (χ1) is 9.15. The number of aromatic carboxylic acids is 1. The number of ether oxygens (including phenoxy) is 2. The number of nitrogens with zero attached hydrogens (tertiary/aromatic N) is 1. The topological polar surface area (TPSA) is 68.7 Å². The molecule has 2 rings (SSSR count). The summed E-state index contributed by atoms with van der Waals surface area (Å²) in [5, 5.41) is 8.86. The molecule has 0 radical (unpaired) electrons. The Morgan fingerprint density at radius 3 is 2.37 bits per heavy atom. The first-order valence-electron chi connectivity index (χ1n) is 5.57. The van der Waals surface area contributed by atoms with Crippen LogP contribution in [-0.4, -0.2) is 30.3 Å². The van der Waals surface area contributed by atoms with E-state index in [2.05, 4.69) is 4.98 Å². The van der Waals surface area contributed by atoms with Gasteiger partial charge in [-0.25, -0.2) is 9.78 Å². The molecule has 1 heterocycles. The van der Waals surface area contributed by atoms with E-state index in [-0.39, 0.29) is 5.56 Å². The van der Waals surface area contributed by atoms with Crippen molar-refractivity contribution in [2.24, 2.45) is 0 Å². The van der Waals surface area contributed by atoms with Gasteiger partial charge in [-0.2, -0.15) is 0 Å². The van der Waals surface area contributed by atoms with E-state index >= 15 is 0 Å². The first kappa shape index (κ1) is 12.9. The largest absolute Gasteiger partial charge is 0.496 e. The Balaban J connectivity index is 2.43. The second-order valence-electron chi connectivity index (χ2n) is 3.81. The number of carboxylic acids is 1. The Labute approximate surface area is 110 Å². The molecule has 0 fully saturated rings. The molecule has 5 nitrogen and oxygen atoms in total. The maximum absolute atomic E-state index is 10.8. The number of aromatic nitrogens is 1. The summed E-state index contributed by atoms with van der Waals surface area (Å²) in [5.74, 6) is 0.129. The minimum absolute atomic E-state index is 0.240. The first-order valence-corrected chi connectivity index (χ1v) is 5.57. The number of rotatable bonds is 4. The summed E-state index contributed by atoms with van der Waals surface area (Å²) < 4.78 is 10.3. The van der Waals surface area contributed by atoms with E-state index in [1.54, 1.807) is 43.6 Å². The Morgan fingerprint density at radius 1 is 1.16 bits per heavy atom. The van der Waals surface area contributed by atoms with Crippen LogP contribution in [0.3, 0.4) is 0 Å². The maximum Gasteiger partial charge on any atom is 0.335 e. The lowest BCUT2D eigenvalue weighted by Gasteiger charge is -2.09. The van der Waals surface area contributed by atoms with E-state index in [0.717, 1.165) is 11.1 Å². The summed E-state index contributed by atoms with van der Waals surface area (Å²) in [5.41, 5.74) is 1.85. The van der Waals surface area contributed by atoms with Gasteiger partial charge in [-0.15, -0.1) is 0 Å². The fourth-order valence-corrected chi connectivity index (χ4v) is 1.71. The highest BCUT2D eigenvalue weighted by Crippen LogP contribution is 2.31. The number of pyridine rings is 1. The average Bonchev–Trinajstić information content (AvgIpc) is 2.46. The van der Waals surface area contributed by atoms with E-state index < -0.39 is 5.97 Å². The average molecular weight is 259 g/mol. The van der Waals surface area contributed by atoms with Crippen LogP contribution in [0.15, 0.2) is 36.5 Å². The molecule has 0 saturated heterocycles. The lowest BCUT2D eigenvalue weighted by atomic mass is 10.0. The van der Waals surface area contributed by atoms with Crippen molar-refractivity contribution < 1.29 is 19.4 Å². The smallest absolute Gasteiger partial charge is 0.335 e. The molecular formula is C14H13NO4. The van der Waals surface area contributed by atoms with E-state index in [4.69, 9.17) is 14.6 Å². The van der Waals surface area contributed by atoms with Gasteiger partial charge in [0.15, 0.2) is 0 Å². The van der Waals surface area contributed by atoms with Crippen molar-refractivity contribution in [3.8, 4) is 22.8 Å². The van der Waals surface area contributed by atoms with Gasteiger partial charge in [0.25, 0.3) is 0 Å². The quantitative estimate of drug-likeness (QED) is 0.913. The fourth-order valence-electron chi connectivity index (χ4n) is 1.71. The van der Waals surface area contributed by atoms with Crippen LogP contribution in [0, 0.1) is 0 Å². The highest BCUT2D eigenvalue weighted by atomic mass is 16.5. The molecule has 0 unspecified atom stereocenters. The SMILES string of the molecule is COc1cc(OC)c(-c2ccc(C(=O)O)cc2)cn1. The van der Waals surface area contributed by atoms with Crippen LogP contribution >= 0.6 is 0 Å². The van der Waals surface area contributed by atoms with Crippen molar-refractivity contribution in [1.82, 2.24) is 4.98 Å². The van der Waals surface area contributed by atoms with Crippen LogP contribution in [0.5, 0.6) is 11.6 Å². The predicted octanol–water partition coefficient (Wildman–Crippen LogP) is 2.46. The molecule has 0 aliphatic rings. The third-order valence-electron chi connectivity index (χ3n) is 2.71. The number of hydrogen-bond acceptors (Lipinski definition) is 4. The molecule has 19 heavy (non-hydrogen) atoms. The number of carbonyl (C=O) groups is 1. The minimum atomic E-state index is -0.952. The van der Waals surface area contributed by atoms with Crippen molar-refractivity contribution in [3.63, 3.8) is 0 Å². The van der Waals surface area contributed by atoms with Crippen LogP contribution in [0.25, 0.3) is 11.1 Å². The monoisotopic (exact) mass is 259 g/mol. The zero-order valence-corrected chi connectivity index (χ0v) is 10.6. The molecule has 1 aromatic heterocycles. The van der Waals surface area contributed by atoms with Crippen LogP contribution in [0.2, 0.25) is 0 Å². The van der Waals surface area contributed by atoms with E-state index in [1.165, 1.54) is 7.11 Å². The van der Waals surface area contributed by atoms with Gasteiger partial charge in [-0.1, -0.05) is 12.1 Å². The highest BCUT2D eigenvalue weighted by molar-refractivity contribution is 5.88. The lowest BCUT2D eigenvalue weighted by molar-refractivity contribution is 0.0697. The number of hydrogen-bond donors (Lipinski definition) is 1. The summed E-state index contributed by atoms with van der Waals surface area (Å²) >= 11 is 0. The molecule has 0 atom stereocenters. The Bertz CT molecular complexity index is 593. The van der Waals surface area contributed by atoms with Gasteiger partial charge in [0, 0.05) is 17.8 Å². The molecule has 0 saturated carbocycles. The van der Waals surface area contributed by atoms with Crippen molar-refractivity contribution in [1.29, 1.82) is 0 Å². The zero-order valence-electron chi connectivity index (χ0n) is 10.6. The molecule has 0 amide bonds. The summed E-state index contributed by atoms with van der Waals surface area (Å²) in [6.07, 6.45) is 1.63. The highest BCUT2D eigenvalue weighted by Gasteiger charge is 2.09. The van der Waals surface area contributed by atoms with Crippen LogP contribution in [0.4, 0.5) is 0 Å². The summed E-state index contributed by atoms with van der Waals surface area (Å²) in [6.45, 7) is 0. The molecule has 1 N–H and O–H groups in total. The van der Waals surface area contributed by atoms with Crippen LogP contribution in [0.1, 0.15) is 10.4 Å². The van der Waals surface area contributed by atoms with Gasteiger partial charge < -0.3 is 14.6 Å². The number of carboxylic acid groups (broad SMARTS) is 1. The molecule has 0 aliphatic heterocycles. The number of methoxy groups -OCH3 is 2. The molecular weight excluding hydrogens is 246 g/mol. The standard InChI is InChI=1S/C14H13NO4/c1-18-12-7-13(19-2)15-8-11(12)9-3-5-10(6-4-9)14(16)17/h3-8H,1-2H3,(H,16,17). The zero-order chi connectivity index (χ0) is 13.8. The van der Waals surface area contributed by atoms with Crippen molar-refractivity contribution in [3.05, 3.63) is 42.1 Å².